The highest BCUT2D eigenvalue weighted by Crippen LogP contribution is 2.55. The molecule has 0 radical (unpaired) electrons. The number of aliphatic hydroxyl groups excluding tert-OH is 2. The van der Waals surface area contributed by atoms with E-state index >= 15 is 0 Å². The van der Waals surface area contributed by atoms with Crippen molar-refractivity contribution >= 4 is 25.7 Å². The number of hydrogen-bond donors (Lipinski definition) is 4. The van der Waals surface area contributed by atoms with E-state index in [-0.39, 0.29) is 36.5 Å². The minimum atomic E-state index is -4.25. The molecule has 2 saturated heterocycles. The number of aliphatic hydroxyl groups is 2. The Balaban J connectivity index is 0.000000182. The summed E-state index contributed by atoms with van der Waals surface area (Å²) >= 11 is 0. The quantitative estimate of drug-likeness (QED) is 0.0125. The van der Waals surface area contributed by atoms with Crippen molar-refractivity contribution in [3.8, 4) is 0 Å². The maximum atomic E-state index is 12.6. The number of rotatable bonds is 36. The second-order valence-electron chi connectivity index (χ2n) is 34.1. The number of unbranched alkanes of at least 4 members (excludes halogenated alkanes) is 7. The summed E-state index contributed by atoms with van der Waals surface area (Å²) in [6, 6.07) is 0. The second kappa shape index (κ2) is 49.2. The van der Waals surface area contributed by atoms with Crippen LogP contribution in [-0.4, -0.2) is 202 Å². The van der Waals surface area contributed by atoms with Crippen LogP contribution in [0.15, 0.2) is 12.4 Å². The molecule has 18 atom stereocenters. The van der Waals surface area contributed by atoms with E-state index in [9.17, 15) is 34.1 Å². The summed E-state index contributed by atoms with van der Waals surface area (Å²) in [6.07, 6.45) is 28.1. The van der Waals surface area contributed by atoms with Crippen LogP contribution in [0.3, 0.4) is 0 Å². The molecule has 117 heavy (non-hydrogen) atoms. The van der Waals surface area contributed by atoms with Gasteiger partial charge in [-0.25, -0.2) is 9.65 Å². The predicted molar refractivity (Wildman–Crippen MR) is 443 cm³/mol. The summed E-state index contributed by atoms with van der Waals surface area (Å²) in [7, 11) is 1.69. The highest BCUT2D eigenvalue weighted by Gasteiger charge is 2.53. The highest BCUT2D eigenvalue weighted by molar-refractivity contribution is 7.50. The van der Waals surface area contributed by atoms with Gasteiger partial charge in [-0.3, -0.25) is 42.3 Å². The second-order valence-corrected chi connectivity index (χ2v) is 35.6. The van der Waals surface area contributed by atoms with Gasteiger partial charge in [-0.1, -0.05) is 119 Å². The molecule has 2 aliphatic heterocycles. The minimum absolute atomic E-state index is 0.00363. The number of nitrogens with zero attached hydrogens (tertiary/aromatic N) is 15. The van der Waals surface area contributed by atoms with Gasteiger partial charge in [-0.05, 0) is 223 Å². The number of fused-ring (bicyclic) bond motifs is 6. The number of carbonyl (C=O) groups excluding carboxylic acids is 3. The van der Waals surface area contributed by atoms with Crippen LogP contribution >= 0.6 is 7.75 Å². The lowest BCUT2D eigenvalue weighted by molar-refractivity contribution is -0.145. The van der Waals surface area contributed by atoms with Gasteiger partial charge in [0.25, 0.3) is 0 Å². The van der Waals surface area contributed by atoms with E-state index in [1.807, 2.05) is 98.5 Å². The van der Waals surface area contributed by atoms with Gasteiger partial charge < -0.3 is 48.3 Å². The third-order valence-electron chi connectivity index (χ3n) is 24.5. The fourth-order valence-electron chi connectivity index (χ4n) is 17.4. The molecule has 4 N–H and O–H groups in total. The molecule has 662 valence electrons. The summed E-state index contributed by atoms with van der Waals surface area (Å²) < 4.78 is 66.4. The maximum Gasteiger partial charge on any atom is 0.403 e. The van der Waals surface area contributed by atoms with Crippen LogP contribution < -0.4 is 5.09 Å². The molecule has 32 heteroatoms. The Kier molecular flexibility index (Phi) is 40.5. The highest BCUT2D eigenvalue weighted by atomic mass is 31.2. The smallest absolute Gasteiger partial charge is 0.403 e. The first-order valence-electron chi connectivity index (χ1n) is 44.8. The van der Waals surface area contributed by atoms with E-state index in [4.69, 9.17) is 37.7 Å². The Morgan fingerprint density at radius 3 is 1.27 bits per heavy atom. The molecule has 0 bridgehead atoms. The molecule has 8 aliphatic rings. The number of nitrogens with one attached hydrogen (secondary N) is 1. The zero-order valence-electron chi connectivity index (χ0n) is 73.7. The molecule has 5 aromatic rings. The lowest BCUT2D eigenvalue weighted by atomic mass is 10.00. The lowest BCUT2D eigenvalue weighted by Gasteiger charge is -2.27. The van der Waals surface area contributed by atoms with Crippen LogP contribution in [-0.2, 0) is 142 Å². The first kappa shape index (κ1) is 96.4. The summed E-state index contributed by atoms with van der Waals surface area (Å²) in [4.78, 5) is 45.8. The van der Waals surface area contributed by atoms with E-state index < -0.39 is 56.6 Å². The molecular weight excluding hydrogens is 1520 g/mol. The molecule has 7 heterocycles. The fourth-order valence-corrected chi connectivity index (χ4v) is 18.4. The monoisotopic (exact) mass is 1660 g/mol. The molecule has 5 aromatic heterocycles. The summed E-state index contributed by atoms with van der Waals surface area (Å²) in [5.74, 6) is 6.19. The molecule has 5 fully saturated rings. The molecule has 31 nitrogen and oxygen atoms in total. The molecule has 0 amide bonds. The average molecular weight is 1660 g/mol. The van der Waals surface area contributed by atoms with Crippen LogP contribution in [0.25, 0.3) is 0 Å². The van der Waals surface area contributed by atoms with E-state index in [0.29, 0.717) is 81.7 Å². The molecular formula is C85H147N16O15P. The van der Waals surface area contributed by atoms with E-state index in [2.05, 4.69) is 91.3 Å². The molecule has 0 spiro atoms. The third-order valence-corrected chi connectivity index (χ3v) is 25.6. The van der Waals surface area contributed by atoms with Crippen molar-refractivity contribution in [1.82, 2.24) is 80.1 Å². The molecule has 0 aromatic carbocycles. The average Bonchev–Trinajstić information content (AvgIpc) is 1.62. The van der Waals surface area contributed by atoms with Crippen molar-refractivity contribution in [3.05, 3.63) is 57.9 Å². The first-order valence-corrected chi connectivity index (χ1v) is 46.4. The number of aryl methyl sites for hydroxylation is 10. The standard InChI is InChI=1S/C20H33N3O2.C18H29N3O3.C18H36NO8P.C17H27N3O2.2C6H11N3/c1-3-4-5-6-7-8-9-20(24)25-14-17-15-10-12-18-19(13-11-16(15)17)23(2)22-21-18;1-3-10-23-11-4-5-18(22)24-12-15-13-6-8-16-17(9-7-14(13)15)21(2)20-19-16;1-9(2)7-13-18(16(21)12(6)25-13)27-28(22,23)19-8-14-17(24-10(3)4)15(20)11(5)26-14;1-3-4-5-6-17(21)22-11-14-12-7-9-15-16(10-8-13(12)14)20(2)19-18-15;2*1-3-6-5-9(4-2)8-7-6/h15-17H,3-14H2,1-2H3;13-15H,3-12H2,1-2H3;9-18,20-21H,7-8H2,1-6H3,(H2,19,22,23);12-14H,3-11H2,1-2H3;2*5H,3-4H2,1-2H3/t;;11-,12-,13+,14+,15+,16+,17?,18?;;;/m..0.../s1. The minimum Gasteiger partial charge on any atom is -0.465 e. The van der Waals surface area contributed by atoms with Crippen LogP contribution in [0.5, 0.6) is 0 Å². The van der Waals surface area contributed by atoms with Gasteiger partial charge in [-0.15, -0.1) is 25.5 Å². The van der Waals surface area contributed by atoms with Crippen LogP contribution in [0.2, 0.25) is 0 Å². The largest absolute Gasteiger partial charge is 0.465 e. The van der Waals surface area contributed by atoms with E-state index in [0.717, 1.165) is 182 Å². The van der Waals surface area contributed by atoms with Gasteiger partial charge in [0.05, 0.1) is 95.9 Å². The first-order chi connectivity index (χ1) is 56.2. The summed E-state index contributed by atoms with van der Waals surface area (Å²) in [5.41, 5.74) is 9.50. The fraction of sp³-hybridized carbons (Fsp3) is 0.847. The Hall–Kier alpha value is -6.02. The van der Waals surface area contributed by atoms with Crippen molar-refractivity contribution in [3.63, 3.8) is 0 Å². The molecule has 13 rings (SSSR count). The van der Waals surface area contributed by atoms with Crippen molar-refractivity contribution < 1.29 is 71.7 Å². The van der Waals surface area contributed by atoms with Crippen molar-refractivity contribution in [2.45, 2.75) is 344 Å². The Morgan fingerprint density at radius 2 is 0.889 bits per heavy atom. The van der Waals surface area contributed by atoms with Gasteiger partial charge in [0, 0.05) is 85.6 Å². The number of hydrogen-bond acceptors (Lipinski definition) is 24. The number of esters is 3. The van der Waals surface area contributed by atoms with Gasteiger partial charge in [0.15, 0.2) is 0 Å². The molecule has 6 aliphatic carbocycles. The topological polar surface area (TPSA) is 368 Å². The van der Waals surface area contributed by atoms with Crippen LogP contribution in [0.4, 0.5) is 0 Å². The summed E-state index contributed by atoms with van der Waals surface area (Å²) in [5, 5.41) is 63.9. The maximum absolute atomic E-state index is 12.6. The number of carbonyl (C=O) groups is 3. The number of ether oxygens (including phenoxy) is 7. The van der Waals surface area contributed by atoms with Crippen LogP contribution in [0.1, 0.15) is 270 Å². The lowest BCUT2D eigenvalue weighted by Crippen LogP contribution is -2.41. The number of aromatic nitrogens is 15. The SMILES string of the molecule is CC(C)C[C@H]1O[C@@H](C)[C@@H](O)C1OP(=O)(O)NC[C@H]1O[C@@H](C)[C@@H](O)C1OC(C)C.CCCCCC(=O)OCC1C2CCc3nnn(C)c3CCC21.CCCCCCCCC(=O)OCC1C2CCc3nnn(C)c3CCC21.CCCOCCCC(=O)OCC1C2CCc3nnn(C)c3CCC21.CCc1cn(CC)nn1.CCc1cn(CC)nn1. The molecule has 3 saturated carbocycles. The zero-order valence-corrected chi connectivity index (χ0v) is 74.6. The molecule has 12 unspecified atom stereocenters. The zero-order chi connectivity index (χ0) is 84.7. The summed E-state index contributed by atoms with van der Waals surface area (Å²) in [6.45, 7) is 30.9. The Bertz CT molecular complexity index is 3670. The van der Waals surface area contributed by atoms with Crippen molar-refractivity contribution in [2.75, 3.05) is 39.6 Å². The predicted octanol–water partition coefficient (Wildman–Crippen LogP) is 11.8. The Morgan fingerprint density at radius 1 is 0.504 bits per heavy atom. The van der Waals surface area contributed by atoms with Gasteiger partial charge in [0.2, 0.25) is 0 Å². The van der Waals surface area contributed by atoms with E-state index in [1.54, 1.807) is 13.8 Å². The van der Waals surface area contributed by atoms with E-state index in [1.165, 1.54) is 67.0 Å². The Labute approximate surface area is 696 Å². The van der Waals surface area contributed by atoms with Crippen molar-refractivity contribution in [2.24, 2.45) is 80.3 Å². The van der Waals surface area contributed by atoms with Crippen molar-refractivity contribution in [1.29, 1.82) is 0 Å². The normalized spacial score (nSPS) is 26.9. The third kappa shape index (κ3) is 30.5. The van der Waals surface area contributed by atoms with Gasteiger partial charge in [-0.2, -0.15) is 0 Å². The van der Waals surface area contributed by atoms with Crippen LogP contribution in [0, 0.1) is 59.2 Å². The van der Waals surface area contributed by atoms with Gasteiger partial charge in [0.1, 0.15) is 24.4 Å². The van der Waals surface area contributed by atoms with Gasteiger partial charge >= 0.3 is 25.7 Å².